The van der Waals surface area contributed by atoms with Crippen molar-refractivity contribution in [2.24, 2.45) is 0 Å². The molecule has 6 heteroatoms. The second-order valence-electron chi connectivity index (χ2n) is 7.01. The van der Waals surface area contributed by atoms with Gasteiger partial charge in [-0.2, -0.15) is 0 Å². The number of methoxy groups -OCH3 is 1. The second-order valence-corrected chi connectivity index (χ2v) is 7.86. The molecule has 0 amide bonds. The third kappa shape index (κ3) is 4.43. The van der Waals surface area contributed by atoms with Gasteiger partial charge in [-0.25, -0.2) is 9.18 Å². The number of benzene rings is 2. The molecule has 1 atom stereocenters. The summed E-state index contributed by atoms with van der Waals surface area (Å²) in [4.78, 5) is 11.9. The Morgan fingerprint density at radius 1 is 1.23 bits per heavy atom. The van der Waals surface area contributed by atoms with Crippen molar-refractivity contribution in [1.82, 2.24) is 0 Å². The van der Waals surface area contributed by atoms with Gasteiger partial charge in [0.05, 0.1) is 7.11 Å². The molecule has 0 saturated heterocycles. The van der Waals surface area contributed by atoms with E-state index in [0.717, 1.165) is 4.47 Å². The molecule has 2 aromatic carbocycles. The first kappa shape index (κ1) is 20.4. The van der Waals surface area contributed by atoms with Crippen molar-refractivity contribution in [2.75, 3.05) is 7.11 Å². The average molecular weight is 425 g/mol. The molecule has 4 nitrogen and oxygen atoms in total. The van der Waals surface area contributed by atoms with Gasteiger partial charge in [-0.3, -0.25) is 0 Å². The number of hydrogen-bond donors (Lipinski definition) is 2. The van der Waals surface area contributed by atoms with E-state index in [4.69, 9.17) is 4.74 Å². The lowest BCUT2D eigenvalue weighted by molar-refractivity contribution is -0.160. The van der Waals surface area contributed by atoms with E-state index in [1.807, 2.05) is 6.07 Å². The Labute approximate surface area is 160 Å². The van der Waals surface area contributed by atoms with Crippen molar-refractivity contribution in [1.29, 1.82) is 0 Å². The van der Waals surface area contributed by atoms with Crippen LogP contribution >= 0.6 is 15.9 Å². The number of carbonyl (C=O) groups is 1. The molecule has 0 aliphatic carbocycles. The van der Waals surface area contributed by atoms with Gasteiger partial charge in [0.15, 0.2) is 5.60 Å². The van der Waals surface area contributed by atoms with E-state index in [1.165, 1.54) is 25.3 Å². The predicted octanol–water partition coefficient (Wildman–Crippen LogP) is 4.32. The van der Waals surface area contributed by atoms with Crippen LogP contribution in [0, 0.1) is 5.82 Å². The van der Waals surface area contributed by atoms with Gasteiger partial charge in [0.1, 0.15) is 11.6 Å². The molecule has 140 valence electrons. The SMILES string of the molecule is COc1ccc(F)cc1C(C)(C)CC(O)(Cc1ccccc1Br)C(=O)O. The molecule has 0 heterocycles. The van der Waals surface area contributed by atoms with Crippen LogP contribution in [0.2, 0.25) is 0 Å². The first-order valence-corrected chi connectivity index (χ1v) is 8.91. The van der Waals surface area contributed by atoms with E-state index in [1.54, 1.807) is 32.0 Å². The maximum atomic E-state index is 13.8. The van der Waals surface area contributed by atoms with E-state index in [-0.39, 0.29) is 12.8 Å². The number of ether oxygens (including phenoxy) is 1. The lowest BCUT2D eigenvalue weighted by Crippen LogP contribution is -2.46. The fourth-order valence-electron chi connectivity index (χ4n) is 3.21. The Balaban J connectivity index is 2.41. The fourth-order valence-corrected chi connectivity index (χ4v) is 3.63. The molecule has 2 aromatic rings. The molecular formula is C20H22BrFO4. The molecule has 0 fully saturated rings. The molecule has 1 unspecified atom stereocenters. The molecule has 0 saturated carbocycles. The van der Waals surface area contributed by atoms with Crippen molar-refractivity contribution in [3.8, 4) is 5.75 Å². The molecule has 0 spiro atoms. The van der Waals surface area contributed by atoms with E-state index in [0.29, 0.717) is 16.9 Å². The Morgan fingerprint density at radius 2 is 1.88 bits per heavy atom. The summed E-state index contributed by atoms with van der Waals surface area (Å²) in [5.41, 5.74) is -1.68. The minimum Gasteiger partial charge on any atom is -0.496 e. The van der Waals surface area contributed by atoms with Crippen molar-refractivity contribution in [3.05, 3.63) is 63.9 Å². The van der Waals surface area contributed by atoms with Gasteiger partial charge in [-0.1, -0.05) is 48.0 Å². The van der Waals surface area contributed by atoms with E-state index in [2.05, 4.69) is 15.9 Å². The van der Waals surface area contributed by atoms with Crippen LogP contribution in [0.1, 0.15) is 31.4 Å². The van der Waals surface area contributed by atoms with Crippen LogP contribution in [0.3, 0.4) is 0 Å². The van der Waals surface area contributed by atoms with Crippen molar-refractivity contribution >= 4 is 21.9 Å². The summed E-state index contributed by atoms with van der Waals surface area (Å²) in [5, 5.41) is 20.6. The van der Waals surface area contributed by atoms with E-state index >= 15 is 0 Å². The van der Waals surface area contributed by atoms with Crippen LogP contribution in [0.25, 0.3) is 0 Å². The third-order valence-electron chi connectivity index (χ3n) is 4.46. The molecule has 0 aliphatic rings. The highest BCUT2D eigenvalue weighted by Gasteiger charge is 2.43. The molecule has 0 aliphatic heterocycles. The van der Waals surface area contributed by atoms with Crippen LogP contribution in [0.5, 0.6) is 5.75 Å². The summed E-state index contributed by atoms with van der Waals surface area (Å²) in [6.07, 6.45) is -0.193. The number of halogens is 2. The highest BCUT2D eigenvalue weighted by atomic mass is 79.9. The van der Waals surface area contributed by atoms with Gasteiger partial charge in [-0.05, 0) is 41.7 Å². The number of hydrogen-bond acceptors (Lipinski definition) is 3. The Kier molecular flexibility index (Phi) is 6.09. The lowest BCUT2D eigenvalue weighted by Gasteiger charge is -2.35. The smallest absolute Gasteiger partial charge is 0.336 e. The van der Waals surface area contributed by atoms with E-state index < -0.39 is 22.8 Å². The summed E-state index contributed by atoms with van der Waals surface area (Å²) in [6, 6.07) is 11.2. The van der Waals surface area contributed by atoms with Gasteiger partial charge in [0, 0.05) is 16.5 Å². The third-order valence-corrected chi connectivity index (χ3v) is 5.24. The van der Waals surface area contributed by atoms with Crippen molar-refractivity contribution < 1.29 is 24.1 Å². The Hall–Kier alpha value is -1.92. The van der Waals surface area contributed by atoms with Gasteiger partial charge in [-0.15, -0.1) is 0 Å². The van der Waals surface area contributed by atoms with Crippen LogP contribution in [0.15, 0.2) is 46.9 Å². The summed E-state index contributed by atoms with van der Waals surface area (Å²) < 4.78 is 19.8. The number of carboxylic acid groups (broad SMARTS) is 1. The Morgan fingerprint density at radius 3 is 2.46 bits per heavy atom. The first-order valence-electron chi connectivity index (χ1n) is 8.12. The van der Waals surface area contributed by atoms with Gasteiger partial charge in [0.2, 0.25) is 0 Å². The number of aliphatic carboxylic acids is 1. The summed E-state index contributed by atoms with van der Waals surface area (Å²) in [6.45, 7) is 3.52. The normalized spacial score (nSPS) is 13.9. The topological polar surface area (TPSA) is 66.8 Å². The van der Waals surface area contributed by atoms with Gasteiger partial charge < -0.3 is 14.9 Å². The number of carboxylic acids is 1. The first-order chi connectivity index (χ1) is 12.1. The Bertz CT molecular complexity index is 806. The predicted molar refractivity (Wildman–Crippen MR) is 101 cm³/mol. The molecule has 26 heavy (non-hydrogen) atoms. The van der Waals surface area contributed by atoms with Crippen LogP contribution < -0.4 is 4.74 Å². The van der Waals surface area contributed by atoms with Crippen LogP contribution in [-0.2, 0) is 16.6 Å². The highest BCUT2D eigenvalue weighted by molar-refractivity contribution is 9.10. The maximum absolute atomic E-state index is 13.8. The maximum Gasteiger partial charge on any atom is 0.336 e. The highest BCUT2D eigenvalue weighted by Crippen LogP contribution is 2.39. The van der Waals surface area contributed by atoms with Gasteiger partial charge in [0.25, 0.3) is 0 Å². The van der Waals surface area contributed by atoms with Crippen molar-refractivity contribution in [2.45, 2.75) is 37.7 Å². The monoisotopic (exact) mass is 424 g/mol. The molecule has 0 aromatic heterocycles. The van der Waals surface area contributed by atoms with E-state index in [9.17, 15) is 19.4 Å². The minimum atomic E-state index is -2.02. The lowest BCUT2D eigenvalue weighted by atomic mass is 9.73. The zero-order chi connectivity index (χ0) is 19.5. The molecule has 0 radical (unpaired) electrons. The molecular weight excluding hydrogens is 403 g/mol. The zero-order valence-electron chi connectivity index (χ0n) is 14.9. The molecule has 0 bridgehead atoms. The molecule has 2 N–H and O–H groups in total. The standard InChI is InChI=1S/C20H22BrFO4/c1-19(2,15-10-14(22)8-9-17(15)26-3)12-20(25,18(23)24)11-13-6-4-5-7-16(13)21/h4-10,25H,11-12H2,1-3H3,(H,23,24). The largest absolute Gasteiger partial charge is 0.496 e. The fraction of sp³-hybridized carbons (Fsp3) is 0.350. The zero-order valence-corrected chi connectivity index (χ0v) is 16.5. The minimum absolute atomic E-state index is 0.0786. The van der Waals surface area contributed by atoms with Gasteiger partial charge >= 0.3 is 5.97 Å². The summed E-state index contributed by atoms with van der Waals surface area (Å²) >= 11 is 3.38. The second kappa shape index (κ2) is 7.76. The number of rotatable bonds is 7. The summed E-state index contributed by atoms with van der Waals surface area (Å²) in [5.74, 6) is -1.32. The quantitative estimate of drug-likeness (QED) is 0.694. The van der Waals surface area contributed by atoms with Crippen molar-refractivity contribution in [3.63, 3.8) is 0 Å². The van der Waals surface area contributed by atoms with Crippen LogP contribution in [-0.4, -0.2) is 28.9 Å². The number of aliphatic hydroxyl groups is 1. The average Bonchev–Trinajstić information content (AvgIpc) is 2.56. The summed E-state index contributed by atoms with van der Waals surface area (Å²) in [7, 11) is 1.47. The molecule has 2 rings (SSSR count). The van der Waals surface area contributed by atoms with Crippen LogP contribution in [0.4, 0.5) is 4.39 Å².